The fourth-order valence-corrected chi connectivity index (χ4v) is 2.70. The molecule has 1 aliphatic rings. The van der Waals surface area contributed by atoms with E-state index in [0.717, 1.165) is 25.7 Å². The van der Waals surface area contributed by atoms with E-state index in [2.05, 4.69) is 5.32 Å². The zero-order valence-electron chi connectivity index (χ0n) is 10.7. The van der Waals surface area contributed by atoms with Crippen LogP contribution in [0.2, 0.25) is 0 Å². The number of carbonyl (C=O) groups excluding carboxylic acids is 1. The number of hydrogen-bond donors (Lipinski definition) is 2. The van der Waals surface area contributed by atoms with Gasteiger partial charge in [0.25, 0.3) is 0 Å². The van der Waals surface area contributed by atoms with Crippen molar-refractivity contribution >= 4 is 23.1 Å². The average Bonchev–Trinajstić information content (AvgIpc) is 2.53. The number of hydrogen-bond acceptors (Lipinski definition) is 2. The first kappa shape index (κ1) is 16.2. The van der Waals surface area contributed by atoms with Gasteiger partial charge in [-0.1, -0.05) is 37.9 Å². The summed E-state index contributed by atoms with van der Waals surface area (Å²) in [5.41, 5.74) is 4.72. The van der Waals surface area contributed by atoms with Crippen molar-refractivity contribution in [3.8, 4) is 0 Å². The van der Waals surface area contributed by atoms with Gasteiger partial charge in [0.2, 0.25) is 5.91 Å². The van der Waals surface area contributed by atoms with Crippen molar-refractivity contribution < 1.29 is 18.0 Å². The Kier molecular flexibility index (Phi) is 5.58. The zero-order chi connectivity index (χ0) is 14.5. The summed E-state index contributed by atoms with van der Waals surface area (Å²) >= 11 is 4.98. The second kappa shape index (κ2) is 6.54. The van der Waals surface area contributed by atoms with Crippen LogP contribution in [0.1, 0.15) is 44.9 Å². The van der Waals surface area contributed by atoms with Gasteiger partial charge in [0.05, 0.1) is 16.8 Å². The van der Waals surface area contributed by atoms with Crippen molar-refractivity contribution in [1.82, 2.24) is 5.32 Å². The Morgan fingerprint density at radius 1 is 1.21 bits per heavy atom. The van der Waals surface area contributed by atoms with Gasteiger partial charge in [0, 0.05) is 6.54 Å². The maximum absolute atomic E-state index is 12.2. The normalized spacial score (nSPS) is 19.5. The number of nitrogens with two attached hydrogens (primary N) is 1. The van der Waals surface area contributed by atoms with Crippen LogP contribution in [0.5, 0.6) is 0 Å². The van der Waals surface area contributed by atoms with Gasteiger partial charge in [-0.05, 0) is 12.8 Å². The van der Waals surface area contributed by atoms with E-state index in [0.29, 0.717) is 12.8 Å². The molecule has 3 nitrogen and oxygen atoms in total. The van der Waals surface area contributed by atoms with Gasteiger partial charge >= 0.3 is 6.18 Å². The summed E-state index contributed by atoms with van der Waals surface area (Å²) in [6, 6.07) is 0. The molecule has 0 bridgehead atoms. The Balaban J connectivity index is 2.65. The first-order valence-electron chi connectivity index (χ1n) is 6.43. The minimum absolute atomic E-state index is 0.0962. The number of rotatable bonds is 4. The molecule has 0 aromatic heterocycles. The van der Waals surface area contributed by atoms with Crippen molar-refractivity contribution in [2.75, 3.05) is 6.54 Å². The summed E-state index contributed by atoms with van der Waals surface area (Å²) in [6.45, 7) is -0.424. The molecule has 0 saturated heterocycles. The van der Waals surface area contributed by atoms with Crippen LogP contribution in [0.15, 0.2) is 0 Å². The molecule has 0 radical (unpaired) electrons. The summed E-state index contributed by atoms with van der Waals surface area (Å²) in [7, 11) is 0. The Morgan fingerprint density at radius 2 is 1.74 bits per heavy atom. The second-order valence-electron chi connectivity index (χ2n) is 4.98. The topological polar surface area (TPSA) is 55.1 Å². The smallest absolute Gasteiger partial charge is 0.390 e. The third-order valence-electron chi connectivity index (χ3n) is 3.56. The predicted molar refractivity (Wildman–Crippen MR) is 70.6 cm³/mol. The van der Waals surface area contributed by atoms with Gasteiger partial charge in [-0.15, -0.1) is 0 Å². The molecule has 0 aliphatic heterocycles. The third-order valence-corrected chi connectivity index (χ3v) is 3.95. The highest BCUT2D eigenvalue weighted by Gasteiger charge is 2.41. The first-order valence-corrected chi connectivity index (χ1v) is 6.84. The lowest BCUT2D eigenvalue weighted by molar-refractivity contribution is -0.137. The average molecular weight is 296 g/mol. The number of alkyl halides is 3. The molecule has 1 fully saturated rings. The van der Waals surface area contributed by atoms with Crippen LogP contribution in [-0.4, -0.2) is 23.6 Å². The summed E-state index contributed by atoms with van der Waals surface area (Å²) in [5, 5.41) is 2.33. The molecule has 0 unspecified atom stereocenters. The molecule has 19 heavy (non-hydrogen) atoms. The van der Waals surface area contributed by atoms with Crippen LogP contribution >= 0.6 is 12.2 Å². The Hall–Kier alpha value is -0.850. The van der Waals surface area contributed by atoms with Crippen LogP contribution in [-0.2, 0) is 4.79 Å². The van der Waals surface area contributed by atoms with Gasteiger partial charge < -0.3 is 11.1 Å². The molecular weight excluding hydrogens is 277 g/mol. The lowest BCUT2D eigenvalue weighted by Crippen LogP contribution is -2.49. The minimum atomic E-state index is -4.27. The Bertz CT molecular complexity index is 336. The number of amides is 1. The predicted octanol–water partition coefficient (Wildman–Crippen LogP) is 2.68. The molecule has 7 heteroatoms. The number of nitrogens with one attached hydrogen (secondary N) is 1. The molecular formula is C12H19F3N2OS. The van der Waals surface area contributed by atoms with Crippen molar-refractivity contribution in [3.05, 3.63) is 0 Å². The van der Waals surface area contributed by atoms with E-state index in [9.17, 15) is 18.0 Å². The molecule has 0 heterocycles. The molecule has 1 rings (SSSR count). The van der Waals surface area contributed by atoms with Gasteiger partial charge in [0.15, 0.2) is 0 Å². The van der Waals surface area contributed by atoms with E-state index in [1.165, 1.54) is 0 Å². The molecule has 0 atom stereocenters. The van der Waals surface area contributed by atoms with Crippen LogP contribution < -0.4 is 11.1 Å². The van der Waals surface area contributed by atoms with Crippen molar-refractivity contribution in [2.45, 2.75) is 51.1 Å². The van der Waals surface area contributed by atoms with Crippen LogP contribution in [0.4, 0.5) is 13.2 Å². The largest absolute Gasteiger partial charge is 0.392 e. The zero-order valence-corrected chi connectivity index (χ0v) is 11.5. The molecule has 1 aliphatic carbocycles. The summed E-state index contributed by atoms with van der Waals surface area (Å²) in [6.07, 6.45) is -0.603. The van der Waals surface area contributed by atoms with Gasteiger partial charge in [0.1, 0.15) is 0 Å². The molecule has 3 N–H and O–H groups in total. The van der Waals surface area contributed by atoms with Crippen molar-refractivity contribution in [3.63, 3.8) is 0 Å². The summed E-state index contributed by atoms with van der Waals surface area (Å²) < 4.78 is 36.2. The van der Waals surface area contributed by atoms with Gasteiger partial charge in [-0.25, -0.2) is 0 Å². The van der Waals surface area contributed by atoms with E-state index in [1.807, 2.05) is 0 Å². The number of carbonyl (C=O) groups is 1. The highest BCUT2D eigenvalue weighted by Crippen LogP contribution is 2.35. The quantitative estimate of drug-likeness (QED) is 0.619. The standard InChI is InChI=1S/C12H19F3N2OS/c13-12(14,15)7-8-17-10(18)11(9(16)19)5-3-1-2-4-6-11/h1-8H2,(H2,16,19)(H,17,18). The summed E-state index contributed by atoms with van der Waals surface area (Å²) in [5.74, 6) is -0.453. The number of halogens is 3. The Labute approximate surface area is 116 Å². The monoisotopic (exact) mass is 296 g/mol. The summed E-state index contributed by atoms with van der Waals surface area (Å²) in [4.78, 5) is 12.3. The molecule has 0 aromatic carbocycles. The lowest BCUT2D eigenvalue weighted by Gasteiger charge is -2.30. The van der Waals surface area contributed by atoms with Crippen molar-refractivity contribution in [2.24, 2.45) is 11.1 Å². The van der Waals surface area contributed by atoms with E-state index in [4.69, 9.17) is 18.0 Å². The van der Waals surface area contributed by atoms with Crippen LogP contribution in [0.3, 0.4) is 0 Å². The molecule has 110 valence electrons. The number of thiocarbonyl (C=S) groups is 1. The fourth-order valence-electron chi connectivity index (χ4n) is 2.40. The van der Waals surface area contributed by atoms with Crippen LogP contribution in [0, 0.1) is 5.41 Å². The molecule has 0 aromatic rings. The fraction of sp³-hybridized carbons (Fsp3) is 0.833. The molecule has 0 spiro atoms. The highest BCUT2D eigenvalue weighted by molar-refractivity contribution is 7.80. The maximum Gasteiger partial charge on any atom is 0.390 e. The van der Waals surface area contributed by atoms with Gasteiger partial charge in [-0.3, -0.25) is 4.79 Å². The lowest BCUT2D eigenvalue weighted by atomic mass is 9.79. The van der Waals surface area contributed by atoms with Crippen molar-refractivity contribution in [1.29, 1.82) is 0 Å². The van der Waals surface area contributed by atoms with E-state index in [1.54, 1.807) is 0 Å². The first-order chi connectivity index (χ1) is 8.78. The molecule has 1 amide bonds. The SMILES string of the molecule is NC(=S)C1(C(=O)NCCC(F)(F)F)CCCCCC1. The van der Waals surface area contributed by atoms with E-state index in [-0.39, 0.29) is 4.99 Å². The van der Waals surface area contributed by atoms with Crippen LogP contribution in [0.25, 0.3) is 0 Å². The van der Waals surface area contributed by atoms with E-state index >= 15 is 0 Å². The second-order valence-corrected chi connectivity index (χ2v) is 5.42. The minimum Gasteiger partial charge on any atom is -0.392 e. The van der Waals surface area contributed by atoms with E-state index < -0.39 is 30.5 Å². The highest BCUT2D eigenvalue weighted by atomic mass is 32.1. The maximum atomic E-state index is 12.2. The molecule has 1 saturated carbocycles. The van der Waals surface area contributed by atoms with Gasteiger partial charge in [-0.2, -0.15) is 13.2 Å². The Morgan fingerprint density at radius 3 is 2.16 bits per heavy atom. The third kappa shape index (κ3) is 4.63.